The van der Waals surface area contributed by atoms with Crippen molar-refractivity contribution >= 4 is 16.7 Å². The zero-order chi connectivity index (χ0) is 14.3. The van der Waals surface area contributed by atoms with E-state index in [1.165, 1.54) is 5.56 Å². The highest BCUT2D eigenvalue weighted by atomic mass is 16.5. The molecule has 2 N–H and O–H groups in total. The summed E-state index contributed by atoms with van der Waals surface area (Å²) in [4.78, 5) is 4.72. The predicted molar refractivity (Wildman–Crippen MR) is 81.9 cm³/mol. The second-order valence-electron chi connectivity index (χ2n) is 4.95. The van der Waals surface area contributed by atoms with Gasteiger partial charge in [0.25, 0.3) is 0 Å². The largest absolute Gasteiger partial charge is 0.496 e. The van der Waals surface area contributed by atoms with E-state index in [0.29, 0.717) is 5.69 Å². The normalized spacial score (nSPS) is 10.9. The molecule has 2 aromatic carbocycles. The number of fused-ring (bicyclic) bond motifs is 1. The minimum absolute atomic E-state index is 0.681. The molecule has 4 heteroatoms. The number of nitrogen functional groups attached to an aromatic ring is 1. The molecule has 0 spiro atoms. The number of methoxy groups -OCH3 is 1. The fraction of sp³-hybridized carbons (Fsp3) is 0.188. The molecule has 0 atom stereocenters. The molecule has 0 saturated heterocycles. The zero-order valence-corrected chi connectivity index (χ0v) is 11.8. The Morgan fingerprint density at radius 1 is 1.15 bits per heavy atom. The smallest absolute Gasteiger partial charge is 0.144 e. The van der Waals surface area contributed by atoms with Gasteiger partial charge in [0.05, 0.1) is 23.7 Å². The Hall–Kier alpha value is -2.49. The van der Waals surface area contributed by atoms with Crippen LogP contribution >= 0.6 is 0 Å². The number of hydrogen-bond acceptors (Lipinski definition) is 3. The van der Waals surface area contributed by atoms with Crippen molar-refractivity contribution in [3.8, 4) is 17.1 Å². The average Bonchev–Trinajstić information content (AvgIpc) is 2.75. The van der Waals surface area contributed by atoms with E-state index in [9.17, 15) is 0 Å². The molecule has 0 unspecified atom stereocenters. The van der Waals surface area contributed by atoms with Gasteiger partial charge in [0.15, 0.2) is 0 Å². The van der Waals surface area contributed by atoms with Crippen LogP contribution in [0.25, 0.3) is 22.4 Å². The number of ether oxygens (including phenoxy) is 1. The highest BCUT2D eigenvalue weighted by Crippen LogP contribution is 2.32. The summed E-state index contributed by atoms with van der Waals surface area (Å²) in [6, 6.07) is 11.9. The third kappa shape index (κ3) is 1.90. The summed E-state index contributed by atoms with van der Waals surface area (Å²) in [6.07, 6.45) is 0. The molecular formula is C16H17N3O. The van der Waals surface area contributed by atoms with Crippen LogP contribution in [0.5, 0.6) is 5.75 Å². The van der Waals surface area contributed by atoms with Gasteiger partial charge in [-0.2, -0.15) is 0 Å². The summed E-state index contributed by atoms with van der Waals surface area (Å²) >= 11 is 0. The first kappa shape index (κ1) is 12.5. The van der Waals surface area contributed by atoms with Gasteiger partial charge in [-0.1, -0.05) is 6.07 Å². The molecule has 1 aromatic heterocycles. The Morgan fingerprint density at radius 3 is 2.70 bits per heavy atom. The van der Waals surface area contributed by atoms with Crippen molar-refractivity contribution in [3.63, 3.8) is 0 Å². The van der Waals surface area contributed by atoms with Crippen LogP contribution in [0.1, 0.15) is 5.56 Å². The summed E-state index contributed by atoms with van der Waals surface area (Å²) in [7, 11) is 3.65. The minimum atomic E-state index is 0.681. The fourth-order valence-corrected chi connectivity index (χ4v) is 2.44. The third-order valence-electron chi connectivity index (χ3n) is 3.50. The number of benzene rings is 2. The van der Waals surface area contributed by atoms with Crippen molar-refractivity contribution in [1.82, 2.24) is 9.55 Å². The first-order chi connectivity index (χ1) is 9.60. The zero-order valence-electron chi connectivity index (χ0n) is 11.8. The maximum absolute atomic E-state index is 5.81. The number of aromatic nitrogens is 2. The first-order valence-corrected chi connectivity index (χ1v) is 6.47. The van der Waals surface area contributed by atoms with Gasteiger partial charge in [-0.15, -0.1) is 0 Å². The summed E-state index contributed by atoms with van der Waals surface area (Å²) in [5, 5.41) is 0. The monoisotopic (exact) mass is 267 g/mol. The summed E-state index contributed by atoms with van der Waals surface area (Å²) < 4.78 is 7.49. The lowest BCUT2D eigenvalue weighted by molar-refractivity contribution is 0.416. The van der Waals surface area contributed by atoms with E-state index in [2.05, 4.69) is 29.7 Å². The second-order valence-corrected chi connectivity index (χ2v) is 4.95. The van der Waals surface area contributed by atoms with Gasteiger partial charge in [0.1, 0.15) is 11.6 Å². The summed E-state index contributed by atoms with van der Waals surface area (Å²) in [5.41, 5.74) is 10.7. The molecule has 0 bridgehead atoms. The van der Waals surface area contributed by atoms with Crippen molar-refractivity contribution < 1.29 is 4.74 Å². The molecule has 0 fully saturated rings. The van der Waals surface area contributed by atoms with Crippen LogP contribution in [0.15, 0.2) is 36.4 Å². The van der Waals surface area contributed by atoms with E-state index in [1.54, 1.807) is 7.11 Å². The van der Waals surface area contributed by atoms with Crippen LogP contribution in [-0.2, 0) is 7.05 Å². The van der Waals surface area contributed by atoms with E-state index < -0.39 is 0 Å². The molecule has 0 saturated carbocycles. The molecule has 0 aliphatic heterocycles. The highest BCUT2D eigenvalue weighted by Gasteiger charge is 2.14. The second kappa shape index (κ2) is 4.56. The number of imidazole rings is 1. The lowest BCUT2D eigenvalue weighted by atomic mass is 10.1. The van der Waals surface area contributed by atoms with E-state index >= 15 is 0 Å². The van der Waals surface area contributed by atoms with Crippen molar-refractivity contribution in [2.45, 2.75) is 6.92 Å². The van der Waals surface area contributed by atoms with Crippen molar-refractivity contribution in [1.29, 1.82) is 0 Å². The van der Waals surface area contributed by atoms with Gasteiger partial charge in [-0.25, -0.2) is 4.98 Å². The molecule has 102 valence electrons. The molecule has 3 rings (SSSR count). The summed E-state index contributed by atoms with van der Waals surface area (Å²) in [5.74, 6) is 1.61. The SMILES string of the molecule is COc1cc(N)ccc1-c1nc2cc(C)ccc2n1C. The molecule has 0 amide bonds. The van der Waals surface area contributed by atoms with E-state index in [0.717, 1.165) is 28.2 Å². The molecule has 20 heavy (non-hydrogen) atoms. The van der Waals surface area contributed by atoms with Crippen LogP contribution in [-0.4, -0.2) is 16.7 Å². The molecule has 1 heterocycles. The highest BCUT2D eigenvalue weighted by molar-refractivity contribution is 5.82. The standard InChI is InChI=1S/C16H17N3O/c1-10-4-7-14-13(8-10)18-16(19(14)2)12-6-5-11(17)9-15(12)20-3/h4-9H,17H2,1-3H3. The maximum Gasteiger partial charge on any atom is 0.144 e. The topological polar surface area (TPSA) is 53.1 Å². The van der Waals surface area contributed by atoms with Crippen molar-refractivity contribution in [2.75, 3.05) is 12.8 Å². The third-order valence-corrected chi connectivity index (χ3v) is 3.50. The number of hydrogen-bond donors (Lipinski definition) is 1. The molecule has 0 radical (unpaired) electrons. The van der Waals surface area contributed by atoms with Crippen molar-refractivity contribution in [3.05, 3.63) is 42.0 Å². The van der Waals surface area contributed by atoms with Crippen LogP contribution in [0.3, 0.4) is 0 Å². The Morgan fingerprint density at radius 2 is 1.95 bits per heavy atom. The Balaban J connectivity index is 2.27. The molecule has 0 aliphatic carbocycles. The van der Waals surface area contributed by atoms with Gasteiger partial charge in [0.2, 0.25) is 0 Å². The number of aryl methyl sites for hydroxylation is 2. The van der Waals surface area contributed by atoms with Crippen LogP contribution in [0, 0.1) is 6.92 Å². The van der Waals surface area contributed by atoms with Crippen molar-refractivity contribution in [2.24, 2.45) is 7.05 Å². The lowest BCUT2D eigenvalue weighted by Gasteiger charge is -2.09. The number of nitrogens with zero attached hydrogens (tertiary/aromatic N) is 2. The van der Waals surface area contributed by atoms with E-state index in [4.69, 9.17) is 15.5 Å². The Bertz CT molecular complexity index is 790. The van der Waals surface area contributed by atoms with Gasteiger partial charge < -0.3 is 15.0 Å². The van der Waals surface area contributed by atoms with Crippen LogP contribution in [0.4, 0.5) is 5.69 Å². The number of nitrogens with two attached hydrogens (primary N) is 1. The predicted octanol–water partition coefficient (Wildman–Crippen LogP) is 3.14. The van der Waals surface area contributed by atoms with Gasteiger partial charge >= 0.3 is 0 Å². The number of rotatable bonds is 2. The minimum Gasteiger partial charge on any atom is -0.496 e. The quantitative estimate of drug-likeness (QED) is 0.726. The van der Waals surface area contributed by atoms with Gasteiger partial charge in [-0.3, -0.25) is 0 Å². The Labute approximate surface area is 117 Å². The van der Waals surface area contributed by atoms with Gasteiger partial charge in [0, 0.05) is 18.8 Å². The molecular weight excluding hydrogens is 250 g/mol. The van der Waals surface area contributed by atoms with Gasteiger partial charge in [-0.05, 0) is 36.8 Å². The van der Waals surface area contributed by atoms with Crippen LogP contribution < -0.4 is 10.5 Å². The fourth-order valence-electron chi connectivity index (χ4n) is 2.44. The summed E-state index contributed by atoms with van der Waals surface area (Å²) in [6.45, 7) is 2.07. The average molecular weight is 267 g/mol. The first-order valence-electron chi connectivity index (χ1n) is 6.47. The molecule has 4 nitrogen and oxygen atoms in total. The van der Waals surface area contributed by atoms with Crippen LogP contribution in [0.2, 0.25) is 0 Å². The molecule has 0 aliphatic rings. The van der Waals surface area contributed by atoms with E-state index in [1.807, 2.05) is 25.2 Å². The number of anilines is 1. The maximum atomic E-state index is 5.81. The molecule has 3 aromatic rings. The Kier molecular flexibility index (Phi) is 2.86. The van der Waals surface area contributed by atoms with E-state index in [-0.39, 0.29) is 0 Å². The lowest BCUT2D eigenvalue weighted by Crippen LogP contribution is -1.96.